The molecule has 0 spiro atoms. The number of aliphatic imine (C=N–C) groups is 1. The van der Waals surface area contributed by atoms with Crippen LogP contribution in [-0.4, -0.2) is 21.5 Å². The van der Waals surface area contributed by atoms with Crippen molar-refractivity contribution in [3.63, 3.8) is 0 Å². The number of hydrogen-bond acceptors (Lipinski definition) is 4. The lowest BCUT2D eigenvalue weighted by Crippen LogP contribution is -1.90. The Balaban J connectivity index is 2.49. The molecule has 0 aliphatic heterocycles. The van der Waals surface area contributed by atoms with Gasteiger partial charge in [0.1, 0.15) is 11.4 Å². The van der Waals surface area contributed by atoms with Crippen molar-refractivity contribution in [3.05, 3.63) is 36.9 Å². The molecule has 0 atom stereocenters. The summed E-state index contributed by atoms with van der Waals surface area (Å²) in [6.45, 7) is 7.41. The molecule has 0 amide bonds. The Bertz CT molecular complexity index is 608. The fourth-order valence-electron chi connectivity index (χ4n) is 3.01. The van der Waals surface area contributed by atoms with E-state index in [-0.39, 0.29) is 17.2 Å². The van der Waals surface area contributed by atoms with E-state index in [2.05, 4.69) is 18.2 Å². The Labute approximate surface area is 164 Å². The molecule has 0 radical (unpaired) electrons. The van der Waals surface area contributed by atoms with Crippen LogP contribution in [0.2, 0.25) is 0 Å². The fourth-order valence-corrected chi connectivity index (χ4v) is 3.01. The van der Waals surface area contributed by atoms with Crippen LogP contribution in [0.4, 0.5) is 5.69 Å². The lowest BCUT2D eigenvalue weighted by molar-refractivity contribution is 0.389. The van der Waals surface area contributed by atoms with Crippen molar-refractivity contribution >= 4 is 11.9 Å². The molecule has 0 saturated carbocycles. The quantitative estimate of drug-likeness (QED) is 0.105. The molecule has 0 saturated heterocycles. The minimum absolute atomic E-state index is 0.0327. The van der Waals surface area contributed by atoms with Gasteiger partial charge in [0, 0.05) is 17.8 Å². The summed E-state index contributed by atoms with van der Waals surface area (Å²) in [5.74, 6) is -0.500. The molecular formula is C23H35NO3. The van der Waals surface area contributed by atoms with Gasteiger partial charge in [0.25, 0.3) is 0 Å². The van der Waals surface area contributed by atoms with Gasteiger partial charge in [-0.2, -0.15) is 0 Å². The lowest BCUT2D eigenvalue weighted by Gasteiger charge is -2.11. The zero-order chi connectivity index (χ0) is 19.9. The molecule has 0 heterocycles. The molecule has 0 unspecified atom stereocenters. The van der Waals surface area contributed by atoms with Crippen LogP contribution in [0.5, 0.6) is 17.2 Å². The Morgan fingerprint density at radius 1 is 0.741 bits per heavy atom. The number of unbranched alkanes of at least 4 members (excludes halogenated alkanes) is 9. The summed E-state index contributed by atoms with van der Waals surface area (Å²) >= 11 is 0. The molecule has 0 bridgehead atoms. The van der Waals surface area contributed by atoms with E-state index in [9.17, 15) is 15.3 Å². The van der Waals surface area contributed by atoms with E-state index in [1.54, 1.807) is 6.21 Å². The van der Waals surface area contributed by atoms with Gasteiger partial charge in [-0.15, -0.1) is 13.2 Å². The van der Waals surface area contributed by atoms with Crippen molar-refractivity contribution in [3.8, 4) is 17.2 Å². The van der Waals surface area contributed by atoms with E-state index >= 15 is 0 Å². The maximum absolute atomic E-state index is 10.4. The van der Waals surface area contributed by atoms with E-state index < -0.39 is 0 Å². The predicted molar refractivity (Wildman–Crippen MR) is 114 cm³/mol. The summed E-state index contributed by atoms with van der Waals surface area (Å²) in [6.07, 6.45) is 17.7. The fraction of sp³-hybridized carbons (Fsp3) is 0.522. The number of aromatic hydroxyl groups is 3. The molecular weight excluding hydrogens is 338 g/mol. The summed E-state index contributed by atoms with van der Waals surface area (Å²) in [5, 5.41) is 30.4. The molecule has 0 aromatic heterocycles. The van der Waals surface area contributed by atoms with E-state index in [4.69, 9.17) is 0 Å². The lowest BCUT2D eigenvalue weighted by atomic mass is 10.0. The number of nitrogens with zero attached hydrogens (tertiary/aromatic N) is 1. The van der Waals surface area contributed by atoms with E-state index in [1.165, 1.54) is 31.7 Å². The highest BCUT2D eigenvalue weighted by atomic mass is 16.3. The maximum atomic E-state index is 10.4. The number of phenolic OH excluding ortho intramolecular Hbond substituents is 3. The minimum Gasteiger partial charge on any atom is -0.505 e. The Kier molecular flexibility index (Phi) is 11.7. The highest BCUT2D eigenvalue weighted by Gasteiger charge is 2.16. The average Bonchev–Trinajstić information content (AvgIpc) is 2.66. The van der Waals surface area contributed by atoms with Crippen LogP contribution in [0.1, 0.15) is 76.2 Å². The van der Waals surface area contributed by atoms with Gasteiger partial charge in [0.05, 0.1) is 0 Å². The topological polar surface area (TPSA) is 73.1 Å². The predicted octanol–water partition coefficient (Wildman–Crippen LogP) is 6.71. The highest BCUT2D eigenvalue weighted by molar-refractivity contribution is 5.71. The molecule has 1 aromatic carbocycles. The SMILES string of the molecule is C=CCCCC=Nc1cc(O)c(O)c(CCCCCCCCCC=C)c1O. The summed E-state index contributed by atoms with van der Waals surface area (Å²) in [6, 6.07) is 1.31. The zero-order valence-electron chi connectivity index (χ0n) is 16.5. The van der Waals surface area contributed by atoms with Crippen LogP contribution in [0, 0.1) is 0 Å². The van der Waals surface area contributed by atoms with Crippen LogP contribution in [0.15, 0.2) is 36.4 Å². The number of phenols is 3. The molecule has 3 N–H and O–H groups in total. The zero-order valence-corrected chi connectivity index (χ0v) is 16.5. The molecule has 4 heteroatoms. The van der Waals surface area contributed by atoms with Crippen molar-refractivity contribution in [1.82, 2.24) is 0 Å². The van der Waals surface area contributed by atoms with Gasteiger partial charge >= 0.3 is 0 Å². The van der Waals surface area contributed by atoms with Gasteiger partial charge < -0.3 is 15.3 Å². The molecule has 150 valence electrons. The van der Waals surface area contributed by atoms with E-state index in [1.807, 2.05) is 12.2 Å². The van der Waals surface area contributed by atoms with E-state index in [0.29, 0.717) is 17.7 Å². The van der Waals surface area contributed by atoms with Crippen LogP contribution < -0.4 is 0 Å². The molecule has 4 nitrogen and oxygen atoms in total. The van der Waals surface area contributed by atoms with Gasteiger partial charge in [-0.25, -0.2) is 0 Å². The van der Waals surface area contributed by atoms with Gasteiger partial charge in [-0.1, -0.05) is 44.3 Å². The number of rotatable bonds is 15. The maximum Gasteiger partial charge on any atom is 0.164 e. The van der Waals surface area contributed by atoms with Gasteiger partial charge in [-0.3, -0.25) is 4.99 Å². The normalized spacial score (nSPS) is 11.1. The largest absolute Gasteiger partial charge is 0.505 e. The Hall–Kier alpha value is -2.23. The third-order valence-electron chi connectivity index (χ3n) is 4.64. The summed E-state index contributed by atoms with van der Waals surface area (Å²) in [5.41, 5.74) is 0.695. The van der Waals surface area contributed by atoms with Crippen LogP contribution in [-0.2, 0) is 6.42 Å². The van der Waals surface area contributed by atoms with E-state index in [0.717, 1.165) is 44.9 Å². The van der Waals surface area contributed by atoms with Crippen molar-refractivity contribution < 1.29 is 15.3 Å². The third kappa shape index (κ3) is 8.80. The smallest absolute Gasteiger partial charge is 0.164 e. The summed E-state index contributed by atoms with van der Waals surface area (Å²) in [7, 11) is 0. The second-order valence-corrected chi connectivity index (χ2v) is 6.92. The molecule has 0 fully saturated rings. The summed E-state index contributed by atoms with van der Waals surface area (Å²) < 4.78 is 0. The minimum atomic E-state index is -0.234. The number of hydrogen-bond donors (Lipinski definition) is 3. The van der Waals surface area contributed by atoms with Crippen LogP contribution >= 0.6 is 0 Å². The molecule has 27 heavy (non-hydrogen) atoms. The number of allylic oxidation sites excluding steroid dienone is 2. The molecule has 0 aliphatic rings. The highest BCUT2D eigenvalue weighted by Crippen LogP contribution is 2.43. The monoisotopic (exact) mass is 373 g/mol. The Morgan fingerprint density at radius 2 is 1.33 bits per heavy atom. The molecule has 1 rings (SSSR count). The average molecular weight is 374 g/mol. The standard InChI is InChI=1S/C23H35NO3/c1-3-5-7-9-10-11-12-13-14-16-19-22(26)20(18-21(25)23(19)27)24-17-15-8-6-4-2/h3-4,17-18,25-27H,1-2,5-16H2. The molecule has 0 aliphatic carbocycles. The third-order valence-corrected chi connectivity index (χ3v) is 4.64. The van der Waals surface area contributed by atoms with Crippen molar-refractivity contribution in [2.75, 3.05) is 0 Å². The molecule has 1 aromatic rings. The number of benzene rings is 1. The van der Waals surface area contributed by atoms with Gasteiger partial charge in [0.2, 0.25) is 0 Å². The van der Waals surface area contributed by atoms with Crippen LogP contribution in [0.3, 0.4) is 0 Å². The first-order valence-electron chi connectivity index (χ1n) is 10.1. The van der Waals surface area contributed by atoms with Crippen molar-refractivity contribution in [2.45, 2.75) is 77.0 Å². The van der Waals surface area contributed by atoms with Crippen molar-refractivity contribution in [2.24, 2.45) is 4.99 Å². The van der Waals surface area contributed by atoms with Crippen LogP contribution in [0.25, 0.3) is 0 Å². The Morgan fingerprint density at radius 3 is 2.00 bits per heavy atom. The van der Waals surface area contributed by atoms with Gasteiger partial charge in [-0.05, 0) is 44.9 Å². The second-order valence-electron chi connectivity index (χ2n) is 6.92. The second kappa shape index (κ2) is 13.9. The first kappa shape index (κ1) is 22.8. The first-order valence-corrected chi connectivity index (χ1v) is 10.1. The summed E-state index contributed by atoms with van der Waals surface area (Å²) in [4.78, 5) is 4.25. The van der Waals surface area contributed by atoms with Crippen molar-refractivity contribution in [1.29, 1.82) is 0 Å². The van der Waals surface area contributed by atoms with Gasteiger partial charge in [0.15, 0.2) is 11.5 Å². The first-order chi connectivity index (χ1) is 13.1.